The summed E-state index contributed by atoms with van der Waals surface area (Å²) in [6.07, 6.45) is 4.84. The Hall–Kier alpha value is -3.46. The molecule has 4 rings (SSSR count). The molecule has 0 bridgehead atoms. The fourth-order valence-electron chi connectivity index (χ4n) is 3.40. The predicted octanol–water partition coefficient (Wildman–Crippen LogP) is 2.42. The number of hydrogen-bond donors (Lipinski definition) is 2. The third-order valence-corrected chi connectivity index (χ3v) is 5.84. The fraction of sp³-hybridized carbons (Fsp3) is 0.238. The molecule has 0 saturated carbocycles. The molecule has 2 N–H and O–H groups in total. The number of rotatable bonds is 6. The smallest absolute Gasteiger partial charge is 0.313 e. The lowest BCUT2D eigenvalue weighted by Gasteiger charge is -2.18. The lowest BCUT2D eigenvalue weighted by molar-refractivity contribution is -0.136. The van der Waals surface area contributed by atoms with Crippen LogP contribution in [0.25, 0.3) is 0 Å². The van der Waals surface area contributed by atoms with Gasteiger partial charge in [-0.1, -0.05) is 12.1 Å². The molecular weight excluding hydrogens is 402 g/mol. The number of benzene rings is 1. The van der Waals surface area contributed by atoms with E-state index in [9.17, 15) is 14.4 Å². The third-order valence-electron chi connectivity index (χ3n) is 4.87. The Labute approximate surface area is 177 Å². The Balaban J connectivity index is 1.38. The predicted molar refractivity (Wildman–Crippen MR) is 114 cm³/mol. The number of nitrogens with zero attached hydrogens (tertiary/aromatic N) is 3. The van der Waals surface area contributed by atoms with E-state index in [0.717, 1.165) is 11.3 Å². The quantitative estimate of drug-likeness (QED) is 0.595. The first-order valence-corrected chi connectivity index (χ1v) is 10.5. The average Bonchev–Trinajstić information content (AvgIpc) is 3.51. The molecule has 9 heteroatoms. The van der Waals surface area contributed by atoms with Gasteiger partial charge in [-0.2, -0.15) is 5.10 Å². The highest BCUT2D eigenvalue weighted by Gasteiger charge is 2.23. The number of amides is 3. The molecule has 1 aliphatic heterocycles. The first-order valence-electron chi connectivity index (χ1n) is 9.64. The maximum atomic E-state index is 12.4. The second kappa shape index (κ2) is 8.91. The van der Waals surface area contributed by atoms with Gasteiger partial charge in [-0.3, -0.25) is 19.1 Å². The summed E-state index contributed by atoms with van der Waals surface area (Å²) in [6, 6.07) is 12.5. The normalized spacial score (nSPS) is 14.5. The summed E-state index contributed by atoms with van der Waals surface area (Å²) in [6.45, 7) is 0.894. The Morgan fingerprint density at radius 2 is 2.07 bits per heavy atom. The van der Waals surface area contributed by atoms with Gasteiger partial charge in [0.05, 0.1) is 0 Å². The van der Waals surface area contributed by atoms with Crippen LogP contribution in [0.3, 0.4) is 0 Å². The van der Waals surface area contributed by atoms with Crippen LogP contribution in [0.2, 0.25) is 0 Å². The van der Waals surface area contributed by atoms with Crippen molar-refractivity contribution in [3.05, 3.63) is 65.1 Å². The van der Waals surface area contributed by atoms with Crippen LogP contribution < -0.4 is 15.5 Å². The van der Waals surface area contributed by atoms with E-state index in [4.69, 9.17) is 0 Å². The maximum absolute atomic E-state index is 12.4. The van der Waals surface area contributed by atoms with E-state index in [1.54, 1.807) is 45.3 Å². The lowest BCUT2D eigenvalue weighted by atomic mass is 10.2. The molecule has 8 nitrogen and oxygen atoms in total. The Kier molecular flexibility index (Phi) is 5.89. The standard InChI is InChI=1S/C21H21N5O3S/c27-19-8-2-10-25(19)16-6-1-5-15(13-16)24-21(29)20(28)22-14-17(18-7-3-12-30-18)26-11-4-9-23-26/h1,3-7,9,11-13,17H,2,8,10,14H2,(H,22,28)(H,24,29). The van der Waals surface area contributed by atoms with E-state index in [1.165, 1.54) is 0 Å². The van der Waals surface area contributed by atoms with Crippen molar-refractivity contribution in [2.75, 3.05) is 23.3 Å². The molecule has 0 radical (unpaired) electrons. The molecular formula is C21H21N5O3S. The second-order valence-corrected chi connectivity index (χ2v) is 7.86. The van der Waals surface area contributed by atoms with Crippen LogP contribution in [-0.4, -0.2) is 40.6 Å². The van der Waals surface area contributed by atoms with E-state index in [2.05, 4.69) is 15.7 Å². The molecule has 3 aromatic rings. The van der Waals surface area contributed by atoms with Crippen LogP contribution in [0, 0.1) is 0 Å². The van der Waals surface area contributed by atoms with Crippen LogP contribution in [-0.2, 0) is 14.4 Å². The number of carbonyl (C=O) groups excluding carboxylic acids is 3. The molecule has 2 aromatic heterocycles. The van der Waals surface area contributed by atoms with Crippen LogP contribution in [0.5, 0.6) is 0 Å². The number of carbonyl (C=O) groups is 3. The summed E-state index contributed by atoms with van der Waals surface area (Å²) in [5.41, 5.74) is 1.18. The van der Waals surface area contributed by atoms with Gasteiger partial charge in [0.1, 0.15) is 6.04 Å². The van der Waals surface area contributed by atoms with Crippen molar-refractivity contribution in [2.24, 2.45) is 0 Å². The van der Waals surface area contributed by atoms with Crippen LogP contribution in [0.15, 0.2) is 60.2 Å². The van der Waals surface area contributed by atoms with Crippen molar-refractivity contribution in [1.29, 1.82) is 0 Å². The van der Waals surface area contributed by atoms with E-state index >= 15 is 0 Å². The van der Waals surface area contributed by atoms with E-state index < -0.39 is 11.8 Å². The second-order valence-electron chi connectivity index (χ2n) is 6.88. The molecule has 30 heavy (non-hydrogen) atoms. The fourth-order valence-corrected chi connectivity index (χ4v) is 4.22. The topological polar surface area (TPSA) is 96.3 Å². The van der Waals surface area contributed by atoms with Gasteiger partial charge in [-0.15, -0.1) is 11.3 Å². The Bertz CT molecular complexity index is 999. The molecule has 3 amide bonds. The Morgan fingerprint density at radius 1 is 1.17 bits per heavy atom. The van der Waals surface area contributed by atoms with Gasteiger partial charge in [0, 0.05) is 48.2 Å². The molecule has 1 saturated heterocycles. The molecule has 1 aromatic carbocycles. The van der Waals surface area contributed by atoms with E-state index in [-0.39, 0.29) is 18.5 Å². The molecule has 154 valence electrons. The average molecular weight is 423 g/mol. The molecule has 1 fully saturated rings. The van der Waals surface area contributed by atoms with E-state index in [0.29, 0.717) is 24.3 Å². The summed E-state index contributed by atoms with van der Waals surface area (Å²) in [4.78, 5) is 39.4. The summed E-state index contributed by atoms with van der Waals surface area (Å²) >= 11 is 1.56. The molecule has 3 heterocycles. The first-order chi connectivity index (χ1) is 14.6. The minimum Gasteiger partial charge on any atom is -0.345 e. The zero-order valence-corrected chi connectivity index (χ0v) is 17.0. The van der Waals surface area contributed by atoms with Gasteiger partial charge in [0.2, 0.25) is 5.91 Å². The highest BCUT2D eigenvalue weighted by atomic mass is 32.1. The summed E-state index contributed by atoms with van der Waals surface area (Å²) in [5.74, 6) is -1.42. The number of hydrogen-bond acceptors (Lipinski definition) is 5. The van der Waals surface area contributed by atoms with Crippen LogP contribution in [0.4, 0.5) is 11.4 Å². The minimum absolute atomic E-state index is 0.0643. The van der Waals surface area contributed by atoms with Crippen LogP contribution in [0.1, 0.15) is 23.8 Å². The van der Waals surface area contributed by atoms with Gasteiger partial charge in [0.15, 0.2) is 0 Å². The van der Waals surface area contributed by atoms with Gasteiger partial charge in [0.25, 0.3) is 0 Å². The van der Waals surface area contributed by atoms with Crippen LogP contribution >= 0.6 is 11.3 Å². The van der Waals surface area contributed by atoms with Crippen molar-refractivity contribution >= 4 is 40.4 Å². The number of anilines is 2. The third kappa shape index (κ3) is 4.41. The van der Waals surface area contributed by atoms with Crippen molar-refractivity contribution in [3.8, 4) is 0 Å². The van der Waals surface area contributed by atoms with Crippen molar-refractivity contribution in [2.45, 2.75) is 18.9 Å². The number of aromatic nitrogens is 2. The Morgan fingerprint density at radius 3 is 2.77 bits per heavy atom. The highest BCUT2D eigenvalue weighted by molar-refractivity contribution is 7.10. The highest BCUT2D eigenvalue weighted by Crippen LogP contribution is 2.24. The largest absolute Gasteiger partial charge is 0.345 e. The molecule has 1 unspecified atom stereocenters. The maximum Gasteiger partial charge on any atom is 0.313 e. The lowest BCUT2D eigenvalue weighted by Crippen LogP contribution is -2.38. The van der Waals surface area contributed by atoms with E-state index in [1.807, 2.05) is 35.8 Å². The zero-order valence-electron chi connectivity index (χ0n) is 16.2. The number of nitrogens with one attached hydrogen (secondary N) is 2. The number of thiophene rings is 1. The minimum atomic E-state index is -0.759. The van der Waals surface area contributed by atoms with Gasteiger partial charge in [-0.05, 0) is 42.1 Å². The summed E-state index contributed by atoms with van der Waals surface area (Å²) in [7, 11) is 0. The first kappa shape index (κ1) is 19.8. The van der Waals surface area contributed by atoms with Gasteiger partial charge in [-0.25, -0.2) is 0 Å². The molecule has 1 aliphatic rings. The van der Waals surface area contributed by atoms with Crippen molar-refractivity contribution in [3.63, 3.8) is 0 Å². The van der Waals surface area contributed by atoms with Gasteiger partial charge >= 0.3 is 11.8 Å². The summed E-state index contributed by atoms with van der Waals surface area (Å²) in [5, 5.41) is 11.5. The molecule has 1 atom stereocenters. The van der Waals surface area contributed by atoms with Crippen molar-refractivity contribution in [1.82, 2.24) is 15.1 Å². The molecule has 0 aliphatic carbocycles. The zero-order chi connectivity index (χ0) is 20.9. The van der Waals surface area contributed by atoms with Gasteiger partial charge < -0.3 is 15.5 Å². The molecule has 0 spiro atoms. The van der Waals surface area contributed by atoms with Crippen molar-refractivity contribution < 1.29 is 14.4 Å². The summed E-state index contributed by atoms with van der Waals surface area (Å²) < 4.78 is 1.75. The SMILES string of the molecule is O=C(NCC(c1cccs1)n1cccn1)C(=O)Nc1cccc(N2CCCC2=O)c1. The monoisotopic (exact) mass is 423 g/mol.